The highest BCUT2D eigenvalue weighted by molar-refractivity contribution is 4.77. The number of rotatable bonds is 1. The molecule has 0 aliphatic carbocycles. The largest absolute Gasteiger partial charge is 0.304 e. The van der Waals surface area contributed by atoms with E-state index in [0.29, 0.717) is 6.54 Å². The second-order valence-corrected chi connectivity index (χ2v) is 3.35. The van der Waals surface area contributed by atoms with E-state index in [1.54, 1.807) is 0 Å². The van der Waals surface area contributed by atoms with Crippen LogP contribution in [0, 0.1) is 5.92 Å². The van der Waals surface area contributed by atoms with E-state index in [0.717, 1.165) is 17.7 Å². The summed E-state index contributed by atoms with van der Waals surface area (Å²) in [5.41, 5.74) is 0. The molecule has 1 heterocycles. The maximum absolute atomic E-state index is 13.0. The molecule has 1 aliphatic rings. The summed E-state index contributed by atoms with van der Waals surface area (Å²) in [5, 5.41) is 0. The summed E-state index contributed by atoms with van der Waals surface area (Å²) in [6.45, 7) is 2.51. The highest BCUT2D eigenvalue weighted by atomic mass is 19.3. The zero-order chi connectivity index (χ0) is 8.48. The van der Waals surface area contributed by atoms with E-state index in [-0.39, 0.29) is 12.3 Å². The second kappa shape index (κ2) is 3.05. The quantitative estimate of drug-likeness (QED) is 0.536. The lowest BCUT2D eigenvalue weighted by atomic mass is 9.93. The van der Waals surface area contributed by atoms with Crippen LogP contribution in [-0.4, -0.2) is 24.5 Å². The third-order valence-corrected chi connectivity index (χ3v) is 2.54. The minimum atomic E-state index is -2.56. The van der Waals surface area contributed by atoms with Crippen molar-refractivity contribution in [2.24, 2.45) is 5.92 Å². The summed E-state index contributed by atoms with van der Waals surface area (Å²) in [7, 11) is 1.49. The molecule has 3 heteroatoms. The Morgan fingerprint density at radius 2 is 2.18 bits per heavy atom. The highest BCUT2D eigenvalue weighted by Gasteiger charge is 2.40. The molecule has 1 rings (SSSR count). The third kappa shape index (κ3) is 1.89. The van der Waals surface area contributed by atoms with Crippen LogP contribution in [0.3, 0.4) is 0 Å². The Hall–Kier alpha value is -0.180. The number of nitrogens with zero attached hydrogens (tertiary/aromatic N) is 1. The molecule has 1 atom stereocenters. The number of piperidine rings is 1. The van der Waals surface area contributed by atoms with Crippen molar-refractivity contribution in [1.29, 1.82) is 0 Å². The average Bonchev–Trinajstić information content (AvgIpc) is 1.95. The summed E-state index contributed by atoms with van der Waals surface area (Å²) < 4.78 is 25.9. The van der Waals surface area contributed by atoms with Gasteiger partial charge in [0.05, 0.1) is 0 Å². The van der Waals surface area contributed by atoms with E-state index < -0.39 is 6.05 Å². The SMILES string of the molecule is CCC1CCN(C)C(F)(F)C1. The molecule has 0 radical (unpaired) electrons. The summed E-state index contributed by atoms with van der Waals surface area (Å²) in [6, 6.07) is -2.56. The molecule has 1 aliphatic heterocycles. The van der Waals surface area contributed by atoms with Crippen LogP contribution in [0.15, 0.2) is 0 Å². The number of likely N-dealkylation sites (tertiary alicyclic amines) is 1. The molecule has 0 aromatic carbocycles. The first kappa shape index (κ1) is 8.91. The summed E-state index contributed by atoms with van der Waals surface area (Å²) in [5.74, 6) is 0.223. The Kier molecular flexibility index (Phi) is 2.47. The van der Waals surface area contributed by atoms with E-state index in [1.807, 2.05) is 6.92 Å². The van der Waals surface area contributed by atoms with Crippen molar-refractivity contribution in [3.05, 3.63) is 0 Å². The fourth-order valence-electron chi connectivity index (χ4n) is 1.49. The predicted octanol–water partition coefficient (Wildman–Crippen LogP) is 2.33. The zero-order valence-corrected chi connectivity index (χ0v) is 7.11. The van der Waals surface area contributed by atoms with Gasteiger partial charge in [0.25, 0.3) is 0 Å². The molecule has 1 unspecified atom stereocenters. The number of alkyl halides is 2. The molecule has 66 valence electrons. The van der Waals surface area contributed by atoms with Gasteiger partial charge >= 0.3 is 6.05 Å². The maximum atomic E-state index is 13.0. The molecule has 0 aromatic rings. The van der Waals surface area contributed by atoms with E-state index >= 15 is 0 Å². The number of hydrogen-bond acceptors (Lipinski definition) is 1. The Morgan fingerprint density at radius 1 is 1.55 bits per heavy atom. The van der Waals surface area contributed by atoms with Crippen LogP contribution in [0.2, 0.25) is 0 Å². The van der Waals surface area contributed by atoms with Crippen molar-refractivity contribution in [2.45, 2.75) is 32.2 Å². The topological polar surface area (TPSA) is 3.24 Å². The zero-order valence-electron chi connectivity index (χ0n) is 7.11. The van der Waals surface area contributed by atoms with Gasteiger partial charge in [-0.3, -0.25) is 0 Å². The van der Waals surface area contributed by atoms with Crippen LogP contribution in [0.5, 0.6) is 0 Å². The van der Waals surface area contributed by atoms with E-state index in [4.69, 9.17) is 0 Å². The van der Waals surface area contributed by atoms with Crippen molar-refractivity contribution in [2.75, 3.05) is 13.6 Å². The monoisotopic (exact) mass is 163 g/mol. The first-order valence-corrected chi connectivity index (χ1v) is 4.15. The second-order valence-electron chi connectivity index (χ2n) is 3.35. The minimum absolute atomic E-state index is 0.0417. The van der Waals surface area contributed by atoms with Crippen LogP contribution in [0.4, 0.5) is 8.78 Å². The fraction of sp³-hybridized carbons (Fsp3) is 1.00. The van der Waals surface area contributed by atoms with Crippen molar-refractivity contribution in [1.82, 2.24) is 4.90 Å². The van der Waals surface area contributed by atoms with Crippen LogP contribution < -0.4 is 0 Å². The minimum Gasteiger partial charge on any atom is -0.248 e. The molecule has 0 bridgehead atoms. The number of halogens is 2. The van der Waals surface area contributed by atoms with Gasteiger partial charge in [-0.1, -0.05) is 13.3 Å². The Balaban J connectivity index is 2.52. The van der Waals surface area contributed by atoms with Crippen LogP contribution in [-0.2, 0) is 0 Å². The molecule has 0 spiro atoms. The number of hydrogen-bond donors (Lipinski definition) is 0. The van der Waals surface area contributed by atoms with Crippen LogP contribution in [0.25, 0.3) is 0 Å². The van der Waals surface area contributed by atoms with Gasteiger partial charge in [-0.15, -0.1) is 0 Å². The molecular weight excluding hydrogens is 148 g/mol. The predicted molar refractivity (Wildman–Crippen MR) is 40.6 cm³/mol. The Morgan fingerprint density at radius 3 is 2.64 bits per heavy atom. The molecular formula is C8H15F2N. The van der Waals surface area contributed by atoms with Crippen molar-refractivity contribution in [3.8, 4) is 0 Å². The standard InChI is InChI=1S/C8H15F2N/c1-3-7-4-5-11(2)8(9,10)6-7/h7H,3-6H2,1-2H3. The third-order valence-electron chi connectivity index (χ3n) is 2.54. The molecule has 1 saturated heterocycles. The van der Waals surface area contributed by atoms with Gasteiger partial charge in [-0.25, -0.2) is 4.90 Å². The summed E-state index contributed by atoms with van der Waals surface area (Å²) >= 11 is 0. The van der Waals surface area contributed by atoms with E-state index in [1.165, 1.54) is 7.05 Å². The van der Waals surface area contributed by atoms with Crippen molar-refractivity contribution < 1.29 is 8.78 Å². The normalized spacial score (nSPS) is 32.2. The average molecular weight is 163 g/mol. The molecule has 0 aromatic heterocycles. The van der Waals surface area contributed by atoms with Gasteiger partial charge in [0.2, 0.25) is 0 Å². The van der Waals surface area contributed by atoms with Gasteiger partial charge in [0.15, 0.2) is 0 Å². The molecule has 0 saturated carbocycles. The van der Waals surface area contributed by atoms with Gasteiger partial charge < -0.3 is 0 Å². The molecule has 0 amide bonds. The fourth-order valence-corrected chi connectivity index (χ4v) is 1.49. The highest BCUT2D eigenvalue weighted by Crippen LogP contribution is 2.34. The van der Waals surface area contributed by atoms with Gasteiger partial charge in [0, 0.05) is 13.0 Å². The van der Waals surface area contributed by atoms with Crippen LogP contribution in [0.1, 0.15) is 26.2 Å². The van der Waals surface area contributed by atoms with Gasteiger partial charge in [-0.2, -0.15) is 8.78 Å². The molecule has 1 nitrogen and oxygen atoms in total. The maximum Gasteiger partial charge on any atom is 0.304 e. The van der Waals surface area contributed by atoms with Crippen LogP contribution >= 0.6 is 0 Å². The lowest BCUT2D eigenvalue weighted by Crippen LogP contribution is -2.45. The summed E-state index contributed by atoms with van der Waals surface area (Å²) in [4.78, 5) is 1.15. The van der Waals surface area contributed by atoms with Crippen molar-refractivity contribution >= 4 is 0 Å². The molecule has 11 heavy (non-hydrogen) atoms. The smallest absolute Gasteiger partial charge is 0.248 e. The van der Waals surface area contributed by atoms with E-state index in [9.17, 15) is 8.78 Å². The summed E-state index contributed by atoms with van der Waals surface area (Å²) in [6.07, 6.45) is 1.84. The lowest BCUT2D eigenvalue weighted by molar-refractivity contribution is -0.168. The van der Waals surface area contributed by atoms with Crippen molar-refractivity contribution in [3.63, 3.8) is 0 Å². The molecule has 0 N–H and O–H groups in total. The van der Waals surface area contributed by atoms with Gasteiger partial charge in [0.1, 0.15) is 0 Å². The van der Waals surface area contributed by atoms with E-state index in [2.05, 4.69) is 0 Å². The Bertz CT molecular complexity index is 136. The van der Waals surface area contributed by atoms with Gasteiger partial charge in [-0.05, 0) is 19.4 Å². The Labute approximate surface area is 66.4 Å². The first-order chi connectivity index (χ1) is 5.06. The molecule has 1 fully saturated rings. The lowest BCUT2D eigenvalue weighted by Gasteiger charge is -2.36. The first-order valence-electron chi connectivity index (χ1n) is 4.15.